The van der Waals surface area contributed by atoms with Crippen molar-refractivity contribution in [2.75, 3.05) is 0 Å². The third-order valence-corrected chi connectivity index (χ3v) is 12.2. The van der Waals surface area contributed by atoms with Gasteiger partial charge in [-0.15, -0.1) is 0 Å². The Morgan fingerprint density at radius 3 is 1.84 bits per heavy atom. The van der Waals surface area contributed by atoms with E-state index in [1.54, 1.807) is 16.4 Å². The lowest BCUT2D eigenvalue weighted by Crippen LogP contribution is -2.44. The van der Waals surface area contributed by atoms with Crippen LogP contribution in [0.4, 0.5) is 0 Å². The molecule has 4 aromatic rings. The van der Waals surface area contributed by atoms with Crippen LogP contribution >= 0.6 is 0 Å². The van der Waals surface area contributed by atoms with E-state index in [1.165, 1.54) is 5.19 Å². The van der Waals surface area contributed by atoms with E-state index in [2.05, 4.69) is 69.4 Å². The highest BCUT2D eigenvalue weighted by molar-refractivity contribution is 7.89. The standard InChI is InChI=1S/C32H35NO2SSi/c1-25-19-21-29(22-20-25)36(34,35)33(23-28-15-8-6-9-16-28)24-31(32-26(2)13-12-14-27(32)3)37(4,5)30-17-10-7-11-18-30/h6-22,24H,23H2,1-5H3/b31-24+. The van der Waals surface area contributed by atoms with E-state index in [9.17, 15) is 8.42 Å². The van der Waals surface area contributed by atoms with Crippen LogP contribution in [0, 0.1) is 20.8 Å². The molecule has 0 amide bonds. The van der Waals surface area contributed by atoms with Gasteiger partial charge in [-0.05, 0) is 60.4 Å². The van der Waals surface area contributed by atoms with Gasteiger partial charge in [0.25, 0.3) is 10.0 Å². The molecule has 0 fully saturated rings. The van der Waals surface area contributed by atoms with E-state index in [1.807, 2.05) is 61.7 Å². The molecule has 0 heterocycles. The summed E-state index contributed by atoms with van der Waals surface area (Å²) in [6.45, 7) is 11.1. The lowest BCUT2D eigenvalue weighted by molar-refractivity contribution is 0.496. The summed E-state index contributed by atoms with van der Waals surface area (Å²) >= 11 is 0. The monoisotopic (exact) mass is 525 g/mol. The zero-order valence-corrected chi connectivity index (χ0v) is 24.1. The molecule has 0 N–H and O–H groups in total. The molecule has 0 saturated heterocycles. The van der Waals surface area contributed by atoms with Gasteiger partial charge in [-0.1, -0.05) is 115 Å². The van der Waals surface area contributed by atoms with E-state index in [0.717, 1.165) is 33.0 Å². The largest absolute Gasteiger partial charge is 0.269 e. The van der Waals surface area contributed by atoms with E-state index in [0.29, 0.717) is 4.90 Å². The lowest BCUT2D eigenvalue weighted by Gasteiger charge is -2.32. The van der Waals surface area contributed by atoms with Gasteiger partial charge in [0.2, 0.25) is 0 Å². The SMILES string of the molecule is Cc1ccc(S(=O)(=O)N(/C=C(\c2c(C)cccc2C)[Si](C)(C)c2ccccc2)Cc2ccccc2)cc1. The summed E-state index contributed by atoms with van der Waals surface area (Å²) in [6, 6.07) is 33.7. The molecule has 0 aliphatic heterocycles. The van der Waals surface area contributed by atoms with Crippen LogP contribution in [0.3, 0.4) is 0 Å². The molecular weight excluding hydrogens is 491 g/mol. The fraction of sp³-hybridized carbons (Fsp3) is 0.188. The molecule has 5 heteroatoms. The molecule has 0 bridgehead atoms. The molecule has 0 saturated carbocycles. The van der Waals surface area contributed by atoms with Crippen molar-refractivity contribution >= 4 is 28.5 Å². The first-order valence-electron chi connectivity index (χ1n) is 12.6. The molecule has 0 aliphatic rings. The fourth-order valence-electron chi connectivity index (χ4n) is 4.74. The summed E-state index contributed by atoms with van der Waals surface area (Å²) in [5.41, 5.74) is 5.40. The second-order valence-electron chi connectivity index (χ2n) is 10.1. The predicted octanol–water partition coefficient (Wildman–Crippen LogP) is 7.00. The van der Waals surface area contributed by atoms with Crippen LogP contribution in [0.2, 0.25) is 13.1 Å². The lowest BCUT2D eigenvalue weighted by atomic mass is 10.0. The summed E-state index contributed by atoms with van der Waals surface area (Å²) < 4.78 is 29.8. The van der Waals surface area contributed by atoms with Crippen molar-refractivity contribution in [3.8, 4) is 0 Å². The normalized spacial score (nSPS) is 12.4. The first-order chi connectivity index (χ1) is 17.6. The number of aryl methyl sites for hydroxylation is 3. The predicted molar refractivity (Wildman–Crippen MR) is 158 cm³/mol. The van der Waals surface area contributed by atoms with Crippen LogP contribution in [0.15, 0.2) is 114 Å². The Morgan fingerprint density at radius 2 is 1.27 bits per heavy atom. The van der Waals surface area contributed by atoms with Gasteiger partial charge >= 0.3 is 0 Å². The number of hydrogen-bond acceptors (Lipinski definition) is 2. The zero-order chi connectivity index (χ0) is 26.6. The number of sulfonamides is 1. The van der Waals surface area contributed by atoms with Crippen molar-refractivity contribution in [3.63, 3.8) is 0 Å². The highest BCUT2D eigenvalue weighted by Crippen LogP contribution is 2.33. The maximum absolute atomic E-state index is 14.1. The van der Waals surface area contributed by atoms with Crippen molar-refractivity contribution < 1.29 is 8.42 Å². The van der Waals surface area contributed by atoms with Crippen LogP contribution in [0.25, 0.3) is 5.20 Å². The van der Waals surface area contributed by atoms with Crippen molar-refractivity contribution in [1.82, 2.24) is 4.31 Å². The van der Waals surface area contributed by atoms with Gasteiger partial charge in [0, 0.05) is 6.20 Å². The van der Waals surface area contributed by atoms with E-state index < -0.39 is 18.1 Å². The fourth-order valence-corrected chi connectivity index (χ4v) is 8.98. The van der Waals surface area contributed by atoms with Gasteiger partial charge in [0.1, 0.15) is 8.07 Å². The van der Waals surface area contributed by atoms with E-state index in [-0.39, 0.29) is 6.54 Å². The Bertz CT molecular complexity index is 1470. The Labute approximate surface area is 223 Å². The molecule has 0 aromatic heterocycles. The Kier molecular flexibility index (Phi) is 7.86. The second kappa shape index (κ2) is 10.9. The van der Waals surface area contributed by atoms with Gasteiger partial charge in [0.05, 0.1) is 11.4 Å². The Hall–Kier alpha value is -3.41. The van der Waals surface area contributed by atoms with Gasteiger partial charge in [-0.25, -0.2) is 8.42 Å². The van der Waals surface area contributed by atoms with Crippen molar-refractivity contribution in [3.05, 3.63) is 137 Å². The summed E-state index contributed by atoms with van der Waals surface area (Å²) in [5, 5.41) is 2.36. The van der Waals surface area contributed by atoms with Crippen molar-refractivity contribution in [1.29, 1.82) is 0 Å². The molecule has 3 nitrogen and oxygen atoms in total. The maximum Gasteiger partial charge on any atom is 0.264 e. The number of hydrogen-bond donors (Lipinski definition) is 0. The smallest absolute Gasteiger partial charge is 0.264 e. The molecule has 0 spiro atoms. The minimum absolute atomic E-state index is 0.255. The molecular formula is C32H35NO2SSi. The Balaban J connectivity index is 1.98. The highest BCUT2D eigenvalue weighted by atomic mass is 32.2. The van der Waals surface area contributed by atoms with Crippen LogP contribution in [0.1, 0.15) is 27.8 Å². The number of rotatable bonds is 8. The van der Waals surface area contributed by atoms with Crippen LogP contribution in [0.5, 0.6) is 0 Å². The molecule has 0 radical (unpaired) electrons. The number of benzene rings is 4. The summed E-state index contributed by atoms with van der Waals surface area (Å²) in [4.78, 5) is 0.297. The third-order valence-electron chi connectivity index (χ3n) is 7.00. The first-order valence-corrected chi connectivity index (χ1v) is 17.0. The van der Waals surface area contributed by atoms with Crippen LogP contribution in [-0.4, -0.2) is 20.8 Å². The summed E-state index contributed by atoms with van der Waals surface area (Å²) in [7, 11) is -6.13. The van der Waals surface area contributed by atoms with Gasteiger partial charge in [-0.3, -0.25) is 4.31 Å². The first kappa shape index (κ1) is 26.6. The number of nitrogens with zero attached hydrogens (tertiary/aromatic N) is 1. The van der Waals surface area contributed by atoms with Crippen molar-refractivity contribution in [2.45, 2.75) is 45.3 Å². The average Bonchev–Trinajstić information content (AvgIpc) is 2.88. The van der Waals surface area contributed by atoms with Crippen LogP contribution in [-0.2, 0) is 16.6 Å². The summed E-state index contributed by atoms with van der Waals surface area (Å²) in [6.07, 6.45) is 1.93. The minimum Gasteiger partial charge on any atom is -0.269 e. The van der Waals surface area contributed by atoms with E-state index >= 15 is 0 Å². The molecule has 190 valence electrons. The van der Waals surface area contributed by atoms with Crippen molar-refractivity contribution in [2.24, 2.45) is 0 Å². The van der Waals surface area contributed by atoms with Gasteiger partial charge < -0.3 is 0 Å². The molecule has 0 aliphatic carbocycles. The maximum atomic E-state index is 14.1. The topological polar surface area (TPSA) is 37.4 Å². The van der Waals surface area contributed by atoms with Gasteiger partial charge in [0.15, 0.2) is 0 Å². The molecule has 0 atom stereocenters. The quantitative estimate of drug-likeness (QED) is 0.232. The molecule has 0 unspecified atom stereocenters. The zero-order valence-electron chi connectivity index (χ0n) is 22.3. The molecule has 4 aromatic carbocycles. The Morgan fingerprint density at radius 1 is 0.730 bits per heavy atom. The summed E-state index contributed by atoms with van der Waals surface area (Å²) in [5.74, 6) is 0. The minimum atomic E-state index is -3.81. The second-order valence-corrected chi connectivity index (χ2v) is 16.4. The molecule has 4 rings (SSSR count). The third kappa shape index (κ3) is 5.79. The highest BCUT2D eigenvalue weighted by Gasteiger charge is 2.33. The average molecular weight is 526 g/mol. The van der Waals surface area contributed by atoms with E-state index in [4.69, 9.17) is 0 Å². The van der Waals surface area contributed by atoms with Gasteiger partial charge in [-0.2, -0.15) is 0 Å². The molecule has 37 heavy (non-hydrogen) atoms. The van der Waals surface area contributed by atoms with Crippen LogP contribution < -0.4 is 5.19 Å².